The fraction of sp³-hybridized carbons (Fsp3) is 0.381. The predicted octanol–water partition coefficient (Wildman–Crippen LogP) is 4.48. The average Bonchev–Trinajstić information content (AvgIpc) is 2.57. The van der Waals surface area contributed by atoms with Crippen molar-refractivity contribution in [2.45, 2.75) is 40.2 Å². The lowest BCUT2D eigenvalue weighted by Crippen LogP contribution is -2.34. The summed E-state index contributed by atoms with van der Waals surface area (Å²) in [6, 6.07) is 16.6. The normalized spacial score (nSPS) is 12.2. The van der Waals surface area contributed by atoms with E-state index in [0.717, 1.165) is 17.7 Å². The van der Waals surface area contributed by atoms with Gasteiger partial charge in [-0.05, 0) is 36.0 Å². The molecule has 1 amide bonds. The van der Waals surface area contributed by atoms with Gasteiger partial charge < -0.3 is 10.6 Å². The molecule has 0 spiro atoms. The fourth-order valence-electron chi connectivity index (χ4n) is 2.99. The van der Waals surface area contributed by atoms with Crippen molar-refractivity contribution in [3.05, 3.63) is 65.2 Å². The van der Waals surface area contributed by atoms with Gasteiger partial charge in [0.1, 0.15) is 0 Å². The van der Waals surface area contributed by atoms with Crippen molar-refractivity contribution in [1.82, 2.24) is 5.32 Å². The van der Waals surface area contributed by atoms with Crippen molar-refractivity contribution in [3.8, 4) is 0 Å². The molecule has 2 aromatic carbocycles. The Kier molecular flexibility index (Phi) is 6.56. The number of aryl methyl sites for hydroxylation is 2. The quantitative estimate of drug-likeness (QED) is 0.788. The number of hydrogen-bond donors (Lipinski definition) is 2. The van der Waals surface area contributed by atoms with E-state index in [1.807, 2.05) is 37.3 Å². The maximum atomic E-state index is 12.4. The molecule has 128 valence electrons. The first kappa shape index (κ1) is 18.2. The summed E-state index contributed by atoms with van der Waals surface area (Å²) in [4.78, 5) is 12.4. The molecule has 0 aliphatic carbocycles. The number of para-hydroxylation sites is 1. The van der Waals surface area contributed by atoms with Crippen LogP contribution in [0.2, 0.25) is 0 Å². The molecule has 0 heterocycles. The summed E-state index contributed by atoms with van der Waals surface area (Å²) in [5.41, 5.74) is 4.44. The summed E-state index contributed by atoms with van der Waals surface area (Å²) in [5.74, 6) is 0.408. The Morgan fingerprint density at radius 3 is 2.38 bits per heavy atom. The second kappa shape index (κ2) is 8.65. The average molecular weight is 324 g/mol. The minimum absolute atomic E-state index is 0.000538. The number of carbonyl (C=O) groups is 1. The lowest BCUT2D eigenvalue weighted by molar-refractivity contribution is -0.115. The molecule has 1 atom stereocenters. The van der Waals surface area contributed by atoms with E-state index in [4.69, 9.17) is 0 Å². The van der Waals surface area contributed by atoms with Crippen LogP contribution in [0.15, 0.2) is 48.5 Å². The minimum Gasteiger partial charge on any atom is -0.324 e. The third kappa shape index (κ3) is 4.68. The van der Waals surface area contributed by atoms with E-state index in [2.05, 4.69) is 49.6 Å². The van der Waals surface area contributed by atoms with Crippen LogP contribution in [-0.4, -0.2) is 12.5 Å². The molecule has 2 rings (SSSR count). The minimum atomic E-state index is 0.000538. The molecule has 0 aromatic heterocycles. The Balaban J connectivity index is 2.02. The summed E-state index contributed by atoms with van der Waals surface area (Å²) in [7, 11) is 0. The third-order valence-electron chi connectivity index (χ3n) is 4.31. The standard InChI is InChI=1S/C21H28N2O/c1-5-17-13-9-10-16(4)21(17)23-19(24)14-22-20(15(2)3)18-11-7-6-8-12-18/h6-13,15,20,22H,5,14H2,1-4H3,(H,23,24)/t20-/m1/s1. The molecule has 0 radical (unpaired) electrons. The predicted molar refractivity (Wildman–Crippen MR) is 101 cm³/mol. The van der Waals surface area contributed by atoms with E-state index in [-0.39, 0.29) is 11.9 Å². The largest absolute Gasteiger partial charge is 0.324 e. The molecule has 0 unspecified atom stereocenters. The van der Waals surface area contributed by atoms with Gasteiger partial charge in [0.25, 0.3) is 0 Å². The second-order valence-corrected chi connectivity index (χ2v) is 6.52. The van der Waals surface area contributed by atoms with E-state index in [9.17, 15) is 4.79 Å². The Morgan fingerprint density at radius 2 is 1.75 bits per heavy atom. The smallest absolute Gasteiger partial charge is 0.238 e. The van der Waals surface area contributed by atoms with Gasteiger partial charge in [0.2, 0.25) is 5.91 Å². The number of amides is 1. The van der Waals surface area contributed by atoms with Crippen LogP contribution >= 0.6 is 0 Å². The van der Waals surface area contributed by atoms with Crippen LogP contribution in [0.3, 0.4) is 0 Å². The maximum absolute atomic E-state index is 12.4. The van der Waals surface area contributed by atoms with Gasteiger partial charge in [0.15, 0.2) is 0 Å². The number of hydrogen-bond acceptors (Lipinski definition) is 2. The monoisotopic (exact) mass is 324 g/mol. The third-order valence-corrected chi connectivity index (χ3v) is 4.31. The first-order valence-electron chi connectivity index (χ1n) is 8.69. The summed E-state index contributed by atoms with van der Waals surface area (Å²) >= 11 is 0. The van der Waals surface area contributed by atoms with Gasteiger partial charge in [-0.3, -0.25) is 4.79 Å². The van der Waals surface area contributed by atoms with Crippen LogP contribution in [0.4, 0.5) is 5.69 Å². The molecule has 0 saturated heterocycles. The highest BCUT2D eigenvalue weighted by Gasteiger charge is 2.17. The van der Waals surface area contributed by atoms with Gasteiger partial charge in [0, 0.05) is 11.7 Å². The Labute approximate surface area is 145 Å². The van der Waals surface area contributed by atoms with Crippen molar-refractivity contribution < 1.29 is 4.79 Å². The highest BCUT2D eigenvalue weighted by atomic mass is 16.1. The molecule has 0 saturated carbocycles. The van der Waals surface area contributed by atoms with E-state index in [1.165, 1.54) is 11.1 Å². The first-order chi connectivity index (χ1) is 11.5. The highest BCUT2D eigenvalue weighted by molar-refractivity contribution is 5.93. The molecule has 0 fully saturated rings. The molecule has 24 heavy (non-hydrogen) atoms. The highest BCUT2D eigenvalue weighted by Crippen LogP contribution is 2.22. The lowest BCUT2D eigenvalue weighted by Gasteiger charge is -2.23. The van der Waals surface area contributed by atoms with Gasteiger partial charge in [-0.15, -0.1) is 0 Å². The molecule has 2 aromatic rings. The van der Waals surface area contributed by atoms with Crippen molar-refractivity contribution in [2.75, 3.05) is 11.9 Å². The van der Waals surface area contributed by atoms with E-state index >= 15 is 0 Å². The van der Waals surface area contributed by atoms with Gasteiger partial charge in [-0.1, -0.05) is 69.3 Å². The summed E-state index contributed by atoms with van der Waals surface area (Å²) in [6.45, 7) is 8.77. The van der Waals surface area contributed by atoms with Crippen molar-refractivity contribution in [2.24, 2.45) is 5.92 Å². The van der Waals surface area contributed by atoms with Crippen molar-refractivity contribution in [3.63, 3.8) is 0 Å². The fourth-order valence-corrected chi connectivity index (χ4v) is 2.99. The molecule has 0 bridgehead atoms. The van der Waals surface area contributed by atoms with Crippen LogP contribution in [0.1, 0.15) is 43.5 Å². The molecule has 3 nitrogen and oxygen atoms in total. The molecule has 2 N–H and O–H groups in total. The zero-order chi connectivity index (χ0) is 17.5. The summed E-state index contributed by atoms with van der Waals surface area (Å²) in [6.07, 6.45) is 0.906. The van der Waals surface area contributed by atoms with E-state index < -0.39 is 0 Å². The van der Waals surface area contributed by atoms with Crippen LogP contribution in [0.5, 0.6) is 0 Å². The van der Waals surface area contributed by atoms with Crippen molar-refractivity contribution >= 4 is 11.6 Å². The zero-order valence-electron chi connectivity index (χ0n) is 15.1. The summed E-state index contributed by atoms with van der Waals surface area (Å²) in [5, 5.41) is 6.47. The SMILES string of the molecule is CCc1cccc(C)c1NC(=O)CN[C@@H](c1ccccc1)C(C)C. The van der Waals surface area contributed by atoms with Crippen LogP contribution < -0.4 is 10.6 Å². The van der Waals surface area contributed by atoms with E-state index in [0.29, 0.717) is 12.5 Å². The van der Waals surface area contributed by atoms with Crippen molar-refractivity contribution in [1.29, 1.82) is 0 Å². The molecular formula is C21H28N2O. The maximum Gasteiger partial charge on any atom is 0.238 e. The van der Waals surface area contributed by atoms with Gasteiger partial charge in [0.05, 0.1) is 6.54 Å². The topological polar surface area (TPSA) is 41.1 Å². The molecule has 0 aliphatic heterocycles. The van der Waals surface area contributed by atoms with E-state index in [1.54, 1.807) is 0 Å². The number of anilines is 1. The lowest BCUT2D eigenvalue weighted by atomic mass is 9.96. The summed E-state index contributed by atoms with van der Waals surface area (Å²) < 4.78 is 0. The van der Waals surface area contributed by atoms with Crippen LogP contribution in [-0.2, 0) is 11.2 Å². The number of benzene rings is 2. The Bertz CT molecular complexity index is 665. The molecule has 3 heteroatoms. The van der Waals surface area contributed by atoms with Gasteiger partial charge in [-0.2, -0.15) is 0 Å². The van der Waals surface area contributed by atoms with Crippen LogP contribution in [0.25, 0.3) is 0 Å². The Hall–Kier alpha value is -2.13. The number of carbonyl (C=O) groups excluding carboxylic acids is 1. The van der Waals surface area contributed by atoms with Crippen LogP contribution in [0, 0.1) is 12.8 Å². The molecule has 0 aliphatic rings. The van der Waals surface area contributed by atoms with Gasteiger partial charge in [-0.25, -0.2) is 0 Å². The second-order valence-electron chi connectivity index (χ2n) is 6.52. The number of rotatable bonds is 7. The molecular weight excluding hydrogens is 296 g/mol. The first-order valence-corrected chi connectivity index (χ1v) is 8.69. The zero-order valence-corrected chi connectivity index (χ0v) is 15.1. The number of nitrogens with one attached hydrogen (secondary N) is 2. The Morgan fingerprint density at radius 1 is 1.04 bits per heavy atom. The van der Waals surface area contributed by atoms with Gasteiger partial charge >= 0.3 is 0 Å².